The first-order valence-corrected chi connectivity index (χ1v) is 13.8. The number of hydrogen-bond acceptors (Lipinski definition) is 5. The molecule has 0 bridgehead atoms. The van der Waals surface area contributed by atoms with E-state index in [0.717, 1.165) is 24.0 Å². The number of nitrogens with one attached hydrogen (secondary N) is 1. The molecule has 2 N–H and O–H groups in total. The van der Waals surface area contributed by atoms with Gasteiger partial charge in [0.2, 0.25) is 7.37 Å². The van der Waals surface area contributed by atoms with Crippen LogP contribution in [-0.4, -0.2) is 36.0 Å². The largest absolute Gasteiger partial charge is 0.466 e. The fourth-order valence-electron chi connectivity index (χ4n) is 3.87. The summed E-state index contributed by atoms with van der Waals surface area (Å²) in [6.45, 7) is 3.83. The molecule has 0 aliphatic carbocycles. The van der Waals surface area contributed by atoms with E-state index in [-0.39, 0.29) is 24.5 Å². The molecule has 0 aliphatic rings. The van der Waals surface area contributed by atoms with Gasteiger partial charge in [0.05, 0.1) is 13.3 Å². The second kappa shape index (κ2) is 14.5. The van der Waals surface area contributed by atoms with Crippen LogP contribution < -0.4 is 5.32 Å². The van der Waals surface area contributed by atoms with Crippen LogP contribution in [-0.2, 0) is 25.4 Å². The highest BCUT2D eigenvalue weighted by Gasteiger charge is 2.34. The van der Waals surface area contributed by atoms with Gasteiger partial charge in [0.15, 0.2) is 0 Å². The van der Waals surface area contributed by atoms with Gasteiger partial charge in [0.25, 0.3) is 0 Å². The number of carbonyl (C=O) groups is 2. The van der Waals surface area contributed by atoms with E-state index < -0.39 is 31.4 Å². The Bertz CT molecular complexity index is 1010. The van der Waals surface area contributed by atoms with Gasteiger partial charge in [-0.3, -0.25) is 4.57 Å². The number of benzene rings is 2. The molecule has 1 amide bonds. The molecule has 3 atom stereocenters. The van der Waals surface area contributed by atoms with E-state index >= 15 is 0 Å². The van der Waals surface area contributed by atoms with Crippen LogP contribution in [0.25, 0.3) is 0 Å². The Morgan fingerprint density at radius 1 is 1.06 bits per heavy atom. The number of allylic oxidation sites excluding steroid dienone is 1. The summed E-state index contributed by atoms with van der Waals surface area (Å²) in [5.41, 5.74) is 2.09. The Hall–Kier alpha value is -2.89. The van der Waals surface area contributed by atoms with Crippen LogP contribution in [0.4, 0.5) is 4.79 Å². The molecule has 0 fully saturated rings. The molecule has 3 unspecified atom stereocenters. The predicted molar refractivity (Wildman–Crippen MR) is 137 cm³/mol. The van der Waals surface area contributed by atoms with Crippen LogP contribution in [0.3, 0.4) is 0 Å². The zero-order valence-electron chi connectivity index (χ0n) is 20.7. The summed E-state index contributed by atoms with van der Waals surface area (Å²) < 4.78 is 23.3. The number of alkyl carbamates (subject to hydrolysis) is 1. The van der Waals surface area contributed by atoms with E-state index in [1.165, 1.54) is 7.11 Å². The van der Waals surface area contributed by atoms with Crippen LogP contribution in [0.2, 0.25) is 0 Å². The van der Waals surface area contributed by atoms with E-state index in [0.29, 0.717) is 6.42 Å². The monoisotopic (exact) mass is 501 g/mol. The van der Waals surface area contributed by atoms with Gasteiger partial charge in [0, 0.05) is 5.57 Å². The second-order valence-corrected chi connectivity index (χ2v) is 10.8. The normalized spacial score (nSPS) is 14.9. The van der Waals surface area contributed by atoms with Crippen molar-refractivity contribution in [1.82, 2.24) is 5.32 Å². The molecule has 0 heterocycles. The maximum atomic E-state index is 13.3. The molecule has 8 heteroatoms. The third-order valence-corrected chi connectivity index (χ3v) is 8.03. The van der Waals surface area contributed by atoms with Gasteiger partial charge in [0.1, 0.15) is 12.4 Å². The zero-order chi connectivity index (χ0) is 25.7. The molecular weight excluding hydrogens is 465 g/mol. The van der Waals surface area contributed by atoms with Gasteiger partial charge in [-0.15, -0.1) is 0 Å². The lowest BCUT2D eigenvalue weighted by Gasteiger charge is -2.23. The predicted octanol–water partition coefficient (Wildman–Crippen LogP) is 5.99. The lowest BCUT2D eigenvalue weighted by molar-refractivity contribution is -0.136. The molecule has 0 saturated carbocycles. The first kappa shape index (κ1) is 28.3. The van der Waals surface area contributed by atoms with Crippen LogP contribution >= 0.6 is 7.37 Å². The number of rotatable bonds is 13. The highest BCUT2D eigenvalue weighted by molar-refractivity contribution is 7.59. The number of amides is 1. The van der Waals surface area contributed by atoms with Crippen molar-refractivity contribution in [2.24, 2.45) is 0 Å². The SMILES string of the molecule is CCCC(CC=C(CP(=O)(O)C(CC)NC(=O)OCc1ccccc1)C(=O)OC)c1ccccc1. The van der Waals surface area contributed by atoms with E-state index in [1.807, 2.05) is 60.7 Å². The lowest BCUT2D eigenvalue weighted by atomic mass is 9.91. The summed E-state index contributed by atoms with van der Waals surface area (Å²) in [6, 6.07) is 19.1. The Kier molecular flexibility index (Phi) is 11.7. The fraction of sp³-hybridized carbons (Fsp3) is 0.407. The standard InChI is InChI=1S/C27H36NO6P/c1-4-12-22(23-15-10-7-11-16-23)17-18-24(26(29)33-3)20-35(31,32)25(5-2)28-27(30)34-19-21-13-8-6-9-14-21/h6-11,13-16,18,22,25H,4-5,12,17,19-20H2,1-3H3,(H,28,30)(H,31,32). The van der Waals surface area contributed by atoms with E-state index in [2.05, 4.69) is 12.2 Å². The number of methoxy groups -OCH3 is 1. The summed E-state index contributed by atoms with van der Waals surface area (Å²) in [7, 11) is -2.76. The van der Waals surface area contributed by atoms with Crippen molar-refractivity contribution >= 4 is 19.4 Å². The van der Waals surface area contributed by atoms with Crippen LogP contribution in [0.5, 0.6) is 0 Å². The lowest BCUT2D eigenvalue weighted by Crippen LogP contribution is -2.35. The molecule has 0 aliphatic heterocycles. The van der Waals surface area contributed by atoms with Crippen molar-refractivity contribution < 1.29 is 28.5 Å². The topological polar surface area (TPSA) is 102 Å². The Balaban J connectivity index is 2.10. The number of ether oxygens (including phenoxy) is 2. The molecule has 2 aromatic rings. The summed E-state index contributed by atoms with van der Waals surface area (Å²) in [5.74, 6) is -1.53. The van der Waals surface area contributed by atoms with Crippen LogP contribution in [0.15, 0.2) is 72.3 Å². The van der Waals surface area contributed by atoms with Gasteiger partial charge in [-0.05, 0) is 36.3 Å². The molecule has 2 aromatic carbocycles. The van der Waals surface area contributed by atoms with E-state index in [4.69, 9.17) is 9.47 Å². The van der Waals surface area contributed by atoms with Crippen molar-refractivity contribution in [2.75, 3.05) is 13.3 Å². The van der Waals surface area contributed by atoms with E-state index in [9.17, 15) is 19.0 Å². The van der Waals surface area contributed by atoms with Gasteiger partial charge < -0.3 is 19.7 Å². The first-order valence-electron chi connectivity index (χ1n) is 11.9. The van der Waals surface area contributed by atoms with Gasteiger partial charge in [-0.1, -0.05) is 87.0 Å². The van der Waals surface area contributed by atoms with E-state index in [1.54, 1.807) is 13.0 Å². The number of carbonyl (C=O) groups excluding carboxylic acids is 2. The minimum absolute atomic E-state index is 0.0461. The Labute approximate surface area is 208 Å². The summed E-state index contributed by atoms with van der Waals surface area (Å²) in [5, 5.41) is 2.50. The van der Waals surface area contributed by atoms with Crippen molar-refractivity contribution in [3.05, 3.63) is 83.4 Å². The van der Waals surface area contributed by atoms with Crippen LogP contribution in [0.1, 0.15) is 56.6 Å². The maximum Gasteiger partial charge on any atom is 0.408 e. The first-order chi connectivity index (χ1) is 16.8. The molecule has 0 saturated heterocycles. The molecule has 35 heavy (non-hydrogen) atoms. The third kappa shape index (κ3) is 9.35. The molecule has 0 radical (unpaired) electrons. The van der Waals surface area contributed by atoms with Crippen molar-refractivity contribution in [3.63, 3.8) is 0 Å². The smallest absolute Gasteiger partial charge is 0.408 e. The average molecular weight is 502 g/mol. The zero-order valence-corrected chi connectivity index (χ0v) is 21.6. The maximum absolute atomic E-state index is 13.3. The fourth-order valence-corrected chi connectivity index (χ4v) is 5.71. The Morgan fingerprint density at radius 3 is 2.26 bits per heavy atom. The Morgan fingerprint density at radius 2 is 1.69 bits per heavy atom. The minimum Gasteiger partial charge on any atom is -0.466 e. The number of esters is 1. The molecule has 190 valence electrons. The van der Waals surface area contributed by atoms with Crippen molar-refractivity contribution in [3.8, 4) is 0 Å². The van der Waals surface area contributed by atoms with Crippen molar-refractivity contribution in [2.45, 2.75) is 57.8 Å². The third-order valence-electron chi connectivity index (χ3n) is 5.77. The summed E-state index contributed by atoms with van der Waals surface area (Å²) in [6.07, 6.45) is 3.12. The van der Waals surface area contributed by atoms with Gasteiger partial charge >= 0.3 is 12.1 Å². The molecular formula is C27H36NO6P. The highest BCUT2D eigenvalue weighted by atomic mass is 31.2. The van der Waals surface area contributed by atoms with Gasteiger partial charge in [-0.25, -0.2) is 9.59 Å². The minimum atomic E-state index is -4.00. The van der Waals surface area contributed by atoms with Crippen molar-refractivity contribution in [1.29, 1.82) is 0 Å². The van der Waals surface area contributed by atoms with Gasteiger partial charge in [-0.2, -0.15) is 0 Å². The molecule has 0 spiro atoms. The second-order valence-electron chi connectivity index (χ2n) is 8.40. The summed E-state index contributed by atoms with van der Waals surface area (Å²) in [4.78, 5) is 35.6. The molecule has 7 nitrogen and oxygen atoms in total. The quantitative estimate of drug-likeness (QED) is 0.199. The molecule has 2 rings (SSSR count). The number of hydrogen-bond donors (Lipinski definition) is 2. The summed E-state index contributed by atoms with van der Waals surface area (Å²) >= 11 is 0. The van der Waals surface area contributed by atoms with Crippen LogP contribution in [0, 0.1) is 0 Å². The highest BCUT2D eigenvalue weighted by Crippen LogP contribution is 2.48. The molecule has 0 aromatic heterocycles. The average Bonchev–Trinajstić information content (AvgIpc) is 2.88.